The lowest BCUT2D eigenvalue weighted by Crippen LogP contribution is -2.40. The van der Waals surface area contributed by atoms with Gasteiger partial charge in [-0.3, -0.25) is 0 Å². The van der Waals surface area contributed by atoms with Crippen molar-refractivity contribution >= 4 is 0 Å². The first kappa shape index (κ1) is 9.72. The maximum atomic E-state index is 5.70. The van der Waals surface area contributed by atoms with Gasteiger partial charge < -0.3 is 4.74 Å². The Balaban J connectivity index is 2.19. The van der Waals surface area contributed by atoms with Gasteiger partial charge in [-0.1, -0.05) is 44.0 Å². The molecule has 14 heavy (non-hydrogen) atoms. The second-order valence-electron chi connectivity index (χ2n) is 4.14. The predicted molar refractivity (Wildman–Crippen MR) is 58.4 cm³/mol. The van der Waals surface area contributed by atoms with Gasteiger partial charge in [0.05, 0.1) is 5.60 Å². The van der Waals surface area contributed by atoms with Crippen molar-refractivity contribution in [3.8, 4) is 0 Å². The summed E-state index contributed by atoms with van der Waals surface area (Å²) in [6, 6.07) is 8.63. The van der Waals surface area contributed by atoms with Crippen molar-refractivity contribution in [2.75, 3.05) is 7.11 Å². The van der Waals surface area contributed by atoms with Crippen LogP contribution in [0.1, 0.15) is 37.3 Å². The van der Waals surface area contributed by atoms with Crippen LogP contribution in [0.25, 0.3) is 0 Å². The van der Waals surface area contributed by atoms with E-state index in [0.29, 0.717) is 0 Å². The average Bonchev–Trinajstić information content (AvgIpc) is 2.20. The highest BCUT2D eigenvalue weighted by Crippen LogP contribution is 2.45. The quantitative estimate of drug-likeness (QED) is 0.708. The molecular weight excluding hydrogens is 172 g/mol. The molecular formula is C13H18O. The maximum Gasteiger partial charge on any atom is 0.0970 e. The molecule has 0 bridgehead atoms. The largest absolute Gasteiger partial charge is 0.373 e. The summed E-state index contributed by atoms with van der Waals surface area (Å²) in [6.07, 6.45) is 4.76. The fourth-order valence-electron chi connectivity index (χ4n) is 2.38. The minimum absolute atomic E-state index is 0.0482. The monoisotopic (exact) mass is 190 g/mol. The van der Waals surface area contributed by atoms with Crippen molar-refractivity contribution in [1.29, 1.82) is 0 Å². The van der Waals surface area contributed by atoms with Gasteiger partial charge in [0.1, 0.15) is 0 Å². The van der Waals surface area contributed by atoms with Crippen molar-refractivity contribution in [2.45, 2.75) is 38.2 Å². The van der Waals surface area contributed by atoms with Crippen LogP contribution in [0.15, 0.2) is 24.3 Å². The number of ether oxygens (including phenoxy) is 1. The van der Waals surface area contributed by atoms with E-state index in [1.165, 1.54) is 24.0 Å². The van der Waals surface area contributed by atoms with Crippen LogP contribution < -0.4 is 0 Å². The second kappa shape index (κ2) is 3.74. The Morgan fingerprint density at radius 2 is 2.14 bits per heavy atom. The van der Waals surface area contributed by atoms with E-state index in [1.54, 1.807) is 0 Å². The molecule has 0 fully saturated rings. The number of hydrogen-bond acceptors (Lipinski definition) is 1. The van der Waals surface area contributed by atoms with Gasteiger partial charge in [0, 0.05) is 13.5 Å². The standard InChI is InChI=1S/C13H18O/c1-3-4-9-13(14-2)10-11-7-5-6-8-12(11)13/h5-8H,3-4,9-10H2,1-2H3. The summed E-state index contributed by atoms with van der Waals surface area (Å²) in [5, 5.41) is 0. The lowest BCUT2D eigenvalue weighted by atomic mass is 9.70. The SMILES string of the molecule is CCCCC1(OC)Cc2ccccc21. The molecule has 0 spiro atoms. The van der Waals surface area contributed by atoms with Crippen LogP contribution in [0.4, 0.5) is 0 Å². The molecule has 1 aromatic rings. The summed E-state index contributed by atoms with van der Waals surface area (Å²) < 4.78 is 5.70. The highest BCUT2D eigenvalue weighted by Gasteiger charge is 2.41. The fraction of sp³-hybridized carbons (Fsp3) is 0.538. The van der Waals surface area contributed by atoms with Gasteiger partial charge >= 0.3 is 0 Å². The molecule has 1 atom stereocenters. The number of unbranched alkanes of at least 4 members (excludes halogenated alkanes) is 1. The normalized spacial score (nSPS) is 24.1. The van der Waals surface area contributed by atoms with Gasteiger partial charge in [-0.15, -0.1) is 0 Å². The topological polar surface area (TPSA) is 9.23 Å². The van der Waals surface area contributed by atoms with E-state index in [4.69, 9.17) is 4.74 Å². The molecule has 1 aromatic carbocycles. The van der Waals surface area contributed by atoms with Gasteiger partial charge in [0.15, 0.2) is 0 Å². The zero-order chi connectivity index (χ0) is 10.0. The Hall–Kier alpha value is -0.820. The van der Waals surface area contributed by atoms with Gasteiger partial charge in [-0.05, 0) is 17.5 Å². The van der Waals surface area contributed by atoms with Crippen LogP contribution in [0.2, 0.25) is 0 Å². The smallest absolute Gasteiger partial charge is 0.0970 e. The average molecular weight is 190 g/mol. The number of benzene rings is 1. The van der Waals surface area contributed by atoms with E-state index < -0.39 is 0 Å². The zero-order valence-corrected chi connectivity index (χ0v) is 9.05. The molecule has 1 aliphatic carbocycles. The van der Waals surface area contributed by atoms with E-state index in [9.17, 15) is 0 Å². The van der Waals surface area contributed by atoms with E-state index in [0.717, 1.165) is 12.8 Å². The third-order valence-corrected chi connectivity index (χ3v) is 3.31. The fourth-order valence-corrected chi connectivity index (χ4v) is 2.38. The van der Waals surface area contributed by atoms with Crippen LogP contribution in [0.3, 0.4) is 0 Å². The van der Waals surface area contributed by atoms with Crippen molar-refractivity contribution in [3.63, 3.8) is 0 Å². The highest BCUT2D eigenvalue weighted by atomic mass is 16.5. The highest BCUT2D eigenvalue weighted by molar-refractivity contribution is 5.42. The molecule has 1 nitrogen and oxygen atoms in total. The first-order valence-corrected chi connectivity index (χ1v) is 5.46. The van der Waals surface area contributed by atoms with E-state index in [1.807, 2.05) is 7.11 Å². The first-order chi connectivity index (χ1) is 6.82. The van der Waals surface area contributed by atoms with Crippen LogP contribution in [-0.4, -0.2) is 7.11 Å². The molecule has 1 unspecified atom stereocenters. The van der Waals surface area contributed by atoms with Crippen LogP contribution in [-0.2, 0) is 16.8 Å². The number of fused-ring (bicyclic) bond motifs is 1. The summed E-state index contributed by atoms with van der Waals surface area (Å²) in [4.78, 5) is 0. The number of methoxy groups -OCH3 is 1. The molecule has 0 aliphatic heterocycles. The predicted octanol–water partition coefficient (Wildman–Crippen LogP) is 3.27. The molecule has 1 heteroatoms. The molecule has 0 heterocycles. The number of rotatable bonds is 4. The van der Waals surface area contributed by atoms with Gasteiger partial charge in [0.2, 0.25) is 0 Å². The summed E-state index contributed by atoms with van der Waals surface area (Å²) in [6.45, 7) is 2.23. The summed E-state index contributed by atoms with van der Waals surface area (Å²) >= 11 is 0. The second-order valence-corrected chi connectivity index (χ2v) is 4.14. The van der Waals surface area contributed by atoms with Crippen LogP contribution >= 0.6 is 0 Å². The Bertz CT molecular complexity index is 319. The molecule has 0 aromatic heterocycles. The molecule has 76 valence electrons. The maximum absolute atomic E-state index is 5.70. The lowest BCUT2D eigenvalue weighted by Gasteiger charge is -2.43. The molecule has 0 amide bonds. The zero-order valence-electron chi connectivity index (χ0n) is 9.05. The minimum atomic E-state index is 0.0482. The van der Waals surface area contributed by atoms with Crippen LogP contribution in [0.5, 0.6) is 0 Å². The molecule has 2 rings (SSSR count). The molecule has 0 radical (unpaired) electrons. The molecule has 0 saturated heterocycles. The Kier molecular flexibility index (Phi) is 2.60. The van der Waals surface area contributed by atoms with E-state index >= 15 is 0 Å². The first-order valence-electron chi connectivity index (χ1n) is 5.46. The molecule has 0 N–H and O–H groups in total. The van der Waals surface area contributed by atoms with E-state index in [-0.39, 0.29) is 5.60 Å². The Labute approximate surface area is 86.1 Å². The number of hydrogen-bond donors (Lipinski definition) is 0. The Morgan fingerprint density at radius 3 is 2.79 bits per heavy atom. The van der Waals surface area contributed by atoms with Crippen molar-refractivity contribution in [2.24, 2.45) is 0 Å². The van der Waals surface area contributed by atoms with Gasteiger partial charge in [-0.25, -0.2) is 0 Å². The van der Waals surface area contributed by atoms with Crippen molar-refractivity contribution in [1.82, 2.24) is 0 Å². The minimum Gasteiger partial charge on any atom is -0.373 e. The van der Waals surface area contributed by atoms with Crippen molar-refractivity contribution < 1.29 is 4.74 Å². The molecule has 1 aliphatic rings. The summed E-state index contributed by atoms with van der Waals surface area (Å²) in [5.41, 5.74) is 2.92. The lowest BCUT2D eigenvalue weighted by molar-refractivity contribution is -0.0437. The summed E-state index contributed by atoms with van der Waals surface area (Å²) in [7, 11) is 1.84. The van der Waals surface area contributed by atoms with Crippen LogP contribution in [0, 0.1) is 0 Å². The van der Waals surface area contributed by atoms with Gasteiger partial charge in [-0.2, -0.15) is 0 Å². The third-order valence-electron chi connectivity index (χ3n) is 3.31. The Morgan fingerprint density at radius 1 is 1.36 bits per heavy atom. The van der Waals surface area contributed by atoms with Crippen molar-refractivity contribution in [3.05, 3.63) is 35.4 Å². The van der Waals surface area contributed by atoms with E-state index in [2.05, 4.69) is 31.2 Å². The van der Waals surface area contributed by atoms with Gasteiger partial charge in [0.25, 0.3) is 0 Å². The summed E-state index contributed by atoms with van der Waals surface area (Å²) in [5.74, 6) is 0. The third kappa shape index (κ3) is 1.36. The molecule has 0 saturated carbocycles.